The van der Waals surface area contributed by atoms with Crippen molar-refractivity contribution < 1.29 is 4.74 Å². The first kappa shape index (κ1) is 6.73. The van der Waals surface area contributed by atoms with Gasteiger partial charge < -0.3 is 4.74 Å². The van der Waals surface area contributed by atoms with Gasteiger partial charge in [0.25, 0.3) is 0 Å². The van der Waals surface area contributed by atoms with Crippen LogP contribution in [0.3, 0.4) is 0 Å². The Kier molecular flexibility index (Phi) is 1.53. The minimum absolute atomic E-state index is 0.636. The van der Waals surface area contributed by atoms with Crippen LogP contribution in [-0.4, -0.2) is 0 Å². The van der Waals surface area contributed by atoms with Gasteiger partial charge in [-0.25, -0.2) is 0 Å². The Labute approximate surface area is 77.5 Å². The van der Waals surface area contributed by atoms with E-state index in [-0.39, 0.29) is 0 Å². The monoisotopic (exact) mass is 266 g/mol. The average Bonchev–Trinajstić information content (AvgIpc) is 1.91. The van der Waals surface area contributed by atoms with Crippen LogP contribution >= 0.6 is 34.2 Å². The molecule has 0 atom stereocenters. The van der Waals surface area contributed by atoms with Gasteiger partial charge in [0.2, 0.25) is 0 Å². The molecule has 1 aromatic rings. The Morgan fingerprint density at radius 2 is 2.30 bits per heavy atom. The van der Waals surface area contributed by atoms with E-state index in [0.717, 1.165) is 19.9 Å². The molecule has 3 heteroatoms. The molecule has 1 nitrogen and oxygen atoms in total. The molecular weight excluding hydrogens is 262 g/mol. The molecule has 2 heterocycles. The van der Waals surface area contributed by atoms with E-state index in [2.05, 4.69) is 28.7 Å². The first-order valence-electron chi connectivity index (χ1n) is 2.88. The van der Waals surface area contributed by atoms with Gasteiger partial charge in [0.1, 0.15) is 12.4 Å². The number of fused-ring (bicyclic) bond motifs is 3. The zero-order chi connectivity index (χ0) is 7.14. The Morgan fingerprint density at radius 3 is 2.60 bits per heavy atom. The topological polar surface area (TPSA) is 9.23 Å². The SMILES string of the molecule is Clc1cc2c(I)cc1CO2. The van der Waals surface area contributed by atoms with E-state index >= 15 is 0 Å². The fourth-order valence-corrected chi connectivity index (χ4v) is 1.84. The molecule has 2 bridgehead atoms. The largest absolute Gasteiger partial charge is 0.488 e. The van der Waals surface area contributed by atoms with Crippen molar-refractivity contribution in [2.24, 2.45) is 0 Å². The first-order valence-corrected chi connectivity index (χ1v) is 4.34. The van der Waals surface area contributed by atoms with Crippen molar-refractivity contribution in [3.05, 3.63) is 26.3 Å². The zero-order valence-electron chi connectivity index (χ0n) is 5.03. The third kappa shape index (κ3) is 0.900. The molecule has 0 aromatic heterocycles. The number of hydrogen-bond donors (Lipinski definition) is 0. The van der Waals surface area contributed by atoms with Crippen molar-refractivity contribution in [2.75, 3.05) is 0 Å². The molecule has 0 N–H and O–H groups in total. The van der Waals surface area contributed by atoms with Crippen molar-refractivity contribution in [3.8, 4) is 5.75 Å². The van der Waals surface area contributed by atoms with Crippen LogP contribution in [0.4, 0.5) is 0 Å². The minimum Gasteiger partial charge on any atom is -0.488 e. The van der Waals surface area contributed by atoms with Crippen molar-refractivity contribution in [2.45, 2.75) is 6.61 Å². The number of ether oxygens (including phenoxy) is 1. The average molecular weight is 266 g/mol. The summed E-state index contributed by atoms with van der Waals surface area (Å²) in [5, 5.41) is 0.821. The quantitative estimate of drug-likeness (QED) is 0.656. The fraction of sp³-hybridized carbons (Fsp3) is 0.143. The summed E-state index contributed by atoms with van der Waals surface area (Å²) in [6, 6.07) is 3.92. The Balaban J connectivity index is 2.71. The molecule has 0 aliphatic carbocycles. The van der Waals surface area contributed by atoms with Gasteiger partial charge in [0.15, 0.2) is 0 Å². The molecule has 1 aromatic carbocycles. The highest BCUT2D eigenvalue weighted by atomic mass is 127. The summed E-state index contributed by atoms with van der Waals surface area (Å²) in [4.78, 5) is 0. The van der Waals surface area contributed by atoms with Gasteiger partial charge >= 0.3 is 0 Å². The zero-order valence-corrected chi connectivity index (χ0v) is 7.94. The smallest absolute Gasteiger partial charge is 0.134 e. The highest BCUT2D eigenvalue weighted by Crippen LogP contribution is 2.33. The second-order valence-corrected chi connectivity index (χ2v) is 3.73. The molecule has 0 fully saturated rings. The summed E-state index contributed by atoms with van der Waals surface area (Å²) < 4.78 is 6.44. The van der Waals surface area contributed by atoms with Crippen LogP contribution in [0.2, 0.25) is 5.02 Å². The van der Waals surface area contributed by atoms with Crippen molar-refractivity contribution in [1.82, 2.24) is 0 Å². The van der Waals surface area contributed by atoms with E-state index in [1.54, 1.807) is 0 Å². The molecule has 2 aliphatic rings. The second kappa shape index (κ2) is 2.27. The molecule has 0 unspecified atom stereocenters. The third-order valence-corrected chi connectivity index (χ3v) is 2.68. The van der Waals surface area contributed by atoms with E-state index in [9.17, 15) is 0 Å². The molecule has 3 rings (SSSR count). The van der Waals surface area contributed by atoms with Gasteiger partial charge in [0, 0.05) is 11.6 Å². The normalized spacial score (nSPS) is 13.4. The maximum atomic E-state index is 5.85. The van der Waals surface area contributed by atoms with Gasteiger partial charge in [-0.2, -0.15) is 0 Å². The number of benzene rings is 1. The number of halogens is 2. The lowest BCUT2D eigenvalue weighted by Crippen LogP contribution is -2.05. The summed E-state index contributed by atoms with van der Waals surface area (Å²) in [5.74, 6) is 0.903. The summed E-state index contributed by atoms with van der Waals surface area (Å²) in [5.41, 5.74) is 1.08. The van der Waals surface area contributed by atoms with Gasteiger partial charge in [-0.15, -0.1) is 0 Å². The second-order valence-electron chi connectivity index (χ2n) is 2.16. The molecule has 0 amide bonds. The van der Waals surface area contributed by atoms with Crippen molar-refractivity contribution in [1.29, 1.82) is 0 Å². The lowest BCUT2D eigenvalue weighted by molar-refractivity contribution is 0.292. The van der Waals surface area contributed by atoms with Crippen LogP contribution in [0.5, 0.6) is 5.75 Å². The van der Waals surface area contributed by atoms with E-state index in [4.69, 9.17) is 16.3 Å². The van der Waals surface area contributed by atoms with Gasteiger partial charge in [-0.05, 0) is 28.7 Å². The van der Waals surface area contributed by atoms with Gasteiger partial charge in [0.05, 0.1) is 8.59 Å². The molecule has 2 aliphatic heterocycles. The highest BCUT2D eigenvalue weighted by Gasteiger charge is 2.13. The molecule has 0 saturated heterocycles. The van der Waals surface area contributed by atoms with Crippen LogP contribution in [0, 0.1) is 3.57 Å². The summed E-state index contributed by atoms with van der Waals surface area (Å²) in [6.45, 7) is 0.636. The van der Waals surface area contributed by atoms with Crippen molar-refractivity contribution >= 4 is 34.2 Å². The summed E-state index contributed by atoms with van der Waals surface area (Å²) in [7, 11) is 0. The van der Waals surface area contributed by atoms with Gasteiger partial charge in [-0.1, -0.05) is 11.6 Å². The Morgan fingerprint density at radius 1 is 1.50 bits per heavy atom. The van der Waals surface area contributed by atoms with Crippen LogP contribution in [0.15, 0.2) is 12.1 Å². The molecule has 0 radical (unpaired) electrons. The Bertz CT molecular complexity index is 255. The fourth-order valence-electron chi connectivity index (χ4n) is 0.947. The van der Waals surface area contributed by atoms with Crippen molar-refractivity contribution in [3.63, 3.8) is 0 Å². The van der Waals surface area contributed by atoms with Crippen LogP contribution < -0.4 is 4.74 Å². The minimum atomic E-state index is 0.636. The predicted octanol–water partition coefficient (Wildman–Crippen LogP) is 2.84. The van der Waals surface area contributed by atoms with E-state index in [1.165, 1.54) is 0 Å². The first-order chi connectivity index (χ1) is 4.77. The maximum absolute atomic E-state index is 5.85. The third-order valence-electron chi connectivity index (χ3n) is 1.48. The van der Waals surface area contributed by atoms with Crippen LogP contribution in [0.1, 0.15) is 5.56 Å². The van der Waals surface area contributed by atoms with E-state index in [0.29, 0.717) is 6.61 Å². The number of rotatable bonds is 0. The van der Waals surface area contributed by atoms with E-state index < -0.39 is 0 Å². The standard InChI is InChI=1S/C7H4ClIO/c8-5-2-7-6(9)1-4(5)3-10-7/h1-2H,3H2. The molecule has 0 spiro atoms. The summed E-state index contributed by atoms with van der Waals surface area (Å²) >= 11 is 8.09. The molecular formula is C7H4ClIO. The predicted molar refractivity (Wildman–Crippen MR) is 48.5 cm³/mol. The van der Waals surface area contributed by atoms with Gasteiger partial charge in [-0.3, -0.25) is 0 Å². The summed E-state index contributed by atoms with van der Waals surface area (Å²) in [6.07, 6.45) is 0. The van der Waals surface area contributed by atoms with E-state index in [1.807, 2.05) is 6.07 Å². The molecule has 52 valence electrons. The lowest BCUT2D eigenvalue weighted by atomic mass is 10.2. The van der Waals surface area contributed by atoms with Crippen LogP contribution in [-0.2, 0) is 6.61 Å². The highest BCUT2D eigenvalue weighted by molar-refractivity contribution is 14.1. The Hall–Kier alpha value is 0.0400. The molecule has 10 heavy (non-hydrogen) atoms. The maximum Gasteiger partial charge on any atom is 0.134 e. The lowest BCUT2D eigenvalue weighted by Gasteiger charge is -2.17. The molecule has 0 saturated carbocycles. The van der Waals surface area contributed by atoms with Crippen LogP contribution in [0.25, 0.3) is 0 Å². The number of hydrogen-bond acceptors (Lipinski definition) is 1.